The van der Waals surface area contributed by atoms with Crippen molar-refractivity contribution in [2.45, 2.75) is 64.3 Å². The Bertz CT molecular complexity index is 981. The van der Waals surface area contributed by atoms with Crippen LogP contribution in [0, 0.1) is 12.8 Å². The fraction of sp³-hybridized carbons (Fsp3) is 0.538. The topological polar surface area (TPSA) is 62.2 Å². The molecule has 2 aliphatic heterocycles. The molecule has 1 amide bonds. The molecule has 6 heteroatoms. The number of aromatic nitrogens is 3. The SMILES string of the molecule is Cc1nc(C2CCN(C(=O)C[C@H]3C=CCC3)CC2)nc2c1CCCN2Cc1ccccn1. The Morgan fingerprint density at radius 1 is 1.12 bits per heavy atom. The summed E-state index contributed by atoms with van der Waals surface area (Å²) in [5, 5.41) is 0. The standard InChI is InChI=1S/C26H33N5O/c1-19-23-10-6-14-31(18-22-9-4-5-13-27-22)26(23)29-25(28-19)21-11-15-30(16-12-21)24(32)17-20-7-2-3-8-20/h2,4-5,7,9,13,20-21H,3,6,8,10-12,14-18H2,1H3/t20-/m0/s1. The zero-order chi connectivity index (χ0) is 21.9. The van der Waals surface area contributed by atoms with Gasteiger partial charge in [0.25, 0.3) is 0 Å². The third-order valence-electron chi connectivity index (χ3n) is 7.20. The summed E-state index contributed by atoms with van der Waals surface area (Å²) in [5.74, 6) is 3.13. The molecule has 32 heavy (non-hydrogen) atoms. The minimum atomic E-state index is 0.309. The van der Waals surface area contributed by atoms with Crippen molar-refractivity contribution in [2.24, 2.45) is 5.92 Å². The number of likely N-dealkylation sites (tertiary alicyclic amines) is 1. The molecule has 4 heterocycles. The zero-order valence-electron chi connectivity index (χ0n) is 19.0. The van der Waals surface area contributed by atoms with Gasteiger partial charge in [-0.1, -0.05) is 18.2 Å². The summed E-state index contributed by atoms with van der Waals surface area (Å²) in [6, 6.07) is 6.08. The second-order valence-corrected chi connectivity index (χ2v) is 9.44. The van der Waals surface area contributed by atoms with Crippen LogP contribution in [0.25, 0.3) is 0 Å². The quantitative estimate of drug-likeness (QED) is 0.664. The molecule has 3 aliphatic rings. The molecule has 2 aromatic rings. The lowest BCUT2D eigenvalue weighted by Crippen LogP contribution is -2.39. The van der Waals surface area contributed by atoms with Crippen LogP contribution in [0.3, 0.4) is 0 Å². The van der Waals surface area contributed by atoms with Gasteiger partial charge in [0.15, 0.2) is 0 Å². The largest absolute Gasteiger partial charge is 0.350 e. The first-order chi connectivity index (χ1) is 15.7. The summed E-state index contributed by atoms with van der Waals surface area (Å²) in [5.41, 5.74) is 3.47. The monoisotopic (exact) mass is 431 g/mol. The molecule has 168 valence electrons. The molecule has 1 aliphatic carbocycles. The van der Waals surface area contributed by atoms with Gasteiger partial charge in [-0.25, -0.2) is 9.97 Å². The Morgan fingerprint density at radius 2 is 2.00 bits per heavy atom. The molecule has 0 saturated carbocycles. The zero-order valence-corrected chi connectivity index (χ0v) is 19.0. The van der Waals surface area contributed by atoms with E-state index >= 15 is 0 Å². The number of fused-ring (bicyclic) bond motifs is 1. The summed E-state index contributed by atoms with van der Waals surface area (Å²) in [7, 11) is 0. The van der Waals surface area contributed by atoms with E-state index in [1.807, 2.05) is 18.3 Å². The Balaban J connectivity index is 1.28. The maximum atomic E-state index is 12.7. The number of carbonyl (C=O) groups is 1. The number of hydrogen-bond donors (Lipinski definition) is 0. The van der Waals surface area contributed by atoms with E-state index in [4.69, 9.17) is 9.97 Å². The van der Waals surface area contributed by atoms with Crippen molar-refractivity contribution in [1.82, 2.24) is 19.9 Å². The molecule has 6 nitrogen and oxygen atoms in total. The number of anilines is 1. The van der Waals surface area contributed by atoms with Crippen LogP contribution in [0.15, 0.2) is 36.5 Å². The Morgan fingerprint density at radius 3 is 2.75 bits per heavy atom. The van der Waals surface area contributed by atoms with Crippen LogP contribution in [-0.2, 0) is 17.8 Å². The summed E-state index contributed by atoms with van der Waals surface area (Å²) >= 11 is 0. The van der Waals surface area contributed by atoms with Gasteiger partial charge in [0.2, 0.25) is 5.91 Å². The van der Waals surface area contributed by atoms with E-state index in [1.54, 1.807) is 0 Å². The second kappa shape index (κ2) is 9.39. The van der Waals surface area contributed by atoms with Gasteiger partial charge in [0.1, 0.15) is 11.6 Å². The Kier molecular flexibility index (Phi) is 6.19. The van der Waals surface area contributed by atoms with Gasteiger partial charge in [0, 0.05) is 49.4 Å². The average molecular weight is 432 g/mol. The number of allylic oxidation sites excluding steroid dienone is 2. The molecule has 0 unspecified atom stereocenters. The minimum Gasteiger partial charge on any atom is -0.350 e. The van der Waals surface area contributed by atoms with Gasteiger partial charge in [-0.2, -0.15) is 0 Å². The number of carbonyl (C=O) groups excluding carboxylic acids is 1. The molecule has 2 aromatic heterocycles. The van der Waals surface area contributed by atoms with Crippen molar-refractivity contribution in [3.8, 4) is 0 Å². The molecule has 1 fully saturated rings. The van der Waals surface area contributed by atoms with Crippen molar-refractivity contribution in [3.05, 3.63) is 59.3 Å². The van der Waals surface area contributed by atoms with E-state index in [1.165, 1.54) is 5.56 Å². The number of hydrogen-bond acceptors (Lipinski definition) is 5. The van der Waals surface area contributed by atoms with Crippen LogP contribution in [0.2, 0.25) is 0 Å². The summed E-state index contributed by atoms with van der Waals surface area (Å²) in [6.45, 7) is 5.55. The molecular formula is C26H33N5O. The van der Waals surface area contributed by atoms with E-state index in [0.717, 1.165) is 87.7 Å². The molecule has 0 spiro atoms. The summed E-state index contributed by atoms with van der Waals surface area (Å²) < 4.78 is 0. The van der Waals surface area contributed by atoms with E-state index in [9.17, 15) is 4.79 Å². The number of aryl methyl sites for hydroxylation is 1. The van der Waals surface area contributed by atoms with Gasteiger partial charge in [-0.15, -0.1) is 0 Å². The molecule has 0 bridgehead atoms. The lowest BCUT2D eigenvalue weighted by Gasteiger charge is -2.34. The van der Waals surface area contributed by atoms with Crippen LogP contribution in [0.1, 0.15) is 67.2 Å². The Labute approximate surface area is 190 Å². The number of pyridine rings is 1. The molecule has 1 atom stereocenters. The van der Waals surface area contributed by atoms with Crippen molar-refractivity contribution in [3.63, 3.8) is 0 Å². The van der Waals surface area contributed by atoms with Crippen molar-refractivity contribution >= 4 is 11.7 Å². The smallest absolute Gasteiger partial charge is 0.223 e. The molecule has 5 rings (SSSR count). The van der Waals surface area contributed by atoms with Crippen LogP contribution >= 0.6 is 0 Å². The van der Waals surface area contributed by atoms with E-state index in [-0.39, 0.29) is 0 Å². The van der Waals surface area contributed by atoms with E-state index < -0.39 is 0 Å². The highest BCUT2D eigenvalue weighted by atomic mass is 16.2. The third-order valence-corrected chi connectivity index (χ3v) is 7.20. The maximum absolute atomic E-state index is 12.7. The predicted octanol–water partition coefficient (Wildman–Crippen LogP) is 4.20. The van der Waals surface area contributed by atoms with Crippen LogP contribution in [0.4, 0.5) is 5.82 Å². The average Bonchev–Trinajstić information content (AvgIpc) is 3.33. The highest BCUT2D eigenvalue weighted by Crippen LogP contribution is 2.33. The highest BCUT2D eigenvalue weighted by Gasteiger charge is 2.29. The third kappa shape index (κ3) is 4.54. The van der Waals surface area contributed by atoms with Crippen LogP contribution in [-0.4, -0.2) is 45.4 Å². The number of amides is 1. The lowest BCUT2D eigenvalue weighted by molar-refractivity contribution is -0.132. The lowest BCUT2D eigenvalue weighted by atomic mass is 9.94. The number of piperidine rings is 1. The fourth-order valence-corrected chi connectivity index (χ4v) is 5.34. The first-order valence-electron chi connectivity index (χ1n) is 12.1. The molecule has 0 N–H and O–H groups in total. The van der Waals surface area contributed by atoms with Gasteiger partial charge in [-0.05, 0) is 63.5 Å². The van der Waals surface area contributed by atoms with Gasteiger partial charge >= 0.3 is 0 Å². The first-order valence-corrected chi connectivity index (χ1v) is 12.1. The number of nitrogens with zero attached hydrogens (tertiary/aromatic N) is 5. The van der Waals surface area contributed by atoms with Crippen molar-refractivity contribution in [2.75, 3.05) is 24.5 Å². The fourth-order valence-electron chi connectivity index (χ4n) is 5.34. The van der Waals surface area contributed by atoms with E-state index in [2.05, 4.69) is 39.9 Å². The second-order valence-electron chi connectivity index (χ2n) is 9.44. The number of rotatable bonds is 5. The highest BCUT2D eigenvalue weighted by molar-refractivity contribution is 5.76. The van der Waals surface area contributed by atoms with Gasteiger partial charge in [-0.3, -0.25) is 9.78 Å². The van der Waals surface area contributed by atoms with Gasteiger partial charge in [0.05, 0.1) is 12.2 Å². The van der Waals surface area contributed by atoms with Crippen molar-refractivity contribution < 1.29 is 4.79 Å². The first kappa shape index (κ1) is 21.1. The Hall–Kier alpha value is -2.76. The predicted molar refractivity (Wildman–Crippen MR) is 125 cm³/mol. The van der Waals surface area contributed by atoms with Crippen LogP contribution in [0.5, 0.6) is 0 Å². The van der Waals surface area contributed by atoms with Crippen LogP contribution < -0.4 is 4.90 Å². The summed E-state index contributed by atoms with van der Waals surface area (Å²) in [4.78, 5) is 31.7. The molecule has 1 saturated heterocycles. The molecule has 0 aromatic carbocycles. The maximum Gasteiger partial charge on any atom is 0.223 e. The van der Waals surface area contributed by atoms with E-state index in [0.29, 0.717) is 24.2 Å². The molecule has 0 radical (unpaired) electrons. The molecular weight excluding hydrogens is 398 g/mol. The minimum absolute atomic E-state index is 0.309. The van der Waals surface area contributed by atoms with Crippen molar-refractivity contribution in [1.29, 1.82) is 0 Å². The summed E-state index contributed by atoms with van der Waals surface area (Å²) in [6.07, 6.45) is 13.2. The normalized spacial score (nSPS) is 21.1. The van der Waals surface area contributed by atoms with Gasteiger partial charge < -0.3 is 9.80 Å².